The van der Waals surface area contributed by atoms with Crippen molar-refractivity contribution in [2.75, 3.05) is 20.2 Å². The van der Waals surface area contributed by atoms with E-state index in [0.29, 0.717) is 6.54 Å². The number of nitrogens with one attached hydrogen (secondary N) is 1. The normalized spacial score (nSPS) is 12.3. The third-order valence-electron chi connectivity index (χ3n) is 2.35. The van der Waals surface area contributed by atoms with Crippen LogP contribution in [-0.2, 0) is 0 Å². The average molecular weight is 277 g/mol. The van der Waals surface area contributed by atoms with Gasteiger partial charge in [0, 0.05) is 12.0 Å². The summed E-state index contributed by atoms with van der Waals surface area (Å²) in [6, 6.07) is 5.75. The first kappa shape index (κ1) is 15.6. The summed E-state index contributed by atoms with van der Waals surface area (Å²) >= 11 is 0. The number of halogens is 3. The Morgan fingerprint density at radius 2 is 1.68 bits per heavy atom. The van der Waals surface area contributed by atoms with Gasteiger partial charge in [-0.05, 0) is 19.2 Å². The highest BCUT2D eigenvalue weighted by molar-refractivity contribution is 5.39. The third-order valence-corrected chi connectivity index (χ3v) is 2.35. The molecule has 0 heterocycles. The molecule has 0 amide bonds. The molecule has 0 saturated carbocycles. The molecule has 108 valence electrons. The highest BCUT2D eigenvalue weighted by atomic mass is 19.4. The maximum atomic E-state index is 12.2. The fourth-order valence-corrected chi connectivity index (χ4v) is 1.58. The number of para-hydroxylation sites is 2. The lowest BCUT2D eigenvalue weighted by atomic mass is 9.95. The molecule has 0 aliphatic rings. The summed E-state index contributed by atoms with van der Waals surface area (Å²) in [7, 11) is 1.81. The number of ether oxygens (including phenoxy) is 2. The minimum absolute atomic E-state index is 0.0870. The summed E-state index contributed by atoms with van der Waals surface area (Å²) in [6.45, 7) is 4.88. The van der Waals surface area contributed by atoms with E-state index in [2.05, 4.69) is 10.1 Å². The van der Waals surface area contributed by atoms with E-state index in [-0.39, 0.29) is 23.5 Å². The van der Waals surface area contributed by atoms with Gasteiger partial charge in [0.25, 0.3) is 0 Å². The summed E-state index contributed by atoms with van der Waals surface area (Å²) in [6.07, 6.45) is -4.72. The molecule has 0 radical (unpaired) electrons. The van der Waals surface area contributed by atoms with Gasteiger partial charge in [-0.25, -0.2) is 0 Å². The molecule has 0 saturated heterocycles. The van der Waals surface area contributed by atoms with Gasteiger partial charge in [0.15, 0.2) is 11.5 Å². The molecule has 3 nitrogen and oxygen atoms in total. The monoisotopic (exact) mass is 277 g/mol. The first-order chi connectivity index (χ1) is 8.73. The van der Waals surface area contributed by atoms with Crippen molar-refractivity contribution in [2.24, 2.45) is 5.41 Å². The van der Waals surface area contributed by atoms with Gasteiger partial charge < -0.3 is 14.8 Å². The van der Waals surface area contributed by atoms with E-state index in [4.69, 9.17) is 4.74 Å². The summed E-state index contributed by atoms with van der Waals surface area (Å²) in [4.78, 5) is 0. The lowest BCUT2D eigenvalue weighted by Gasteiger charge is -2.25. The molecule has 0 aliphatic heterocycles. The van der Waals surface area contributed by atoms with Crippen LogP contribution >= 0.6 is 0 Å². The predicted octanol–water partition coefficient (Wildman–Crippen LogP) is 3.21. The van der Waals surface area contributed by atoms with Crippen molar-refractivity contribution in [1.82, 2.24) is 5.32 Å². The maximum absolute atomic E-state index is 12.2. The van der Waals surface area contributed by atoms with Gasteiger partial charge in [0.05, 0.1) is 6.61 Å². The molecule has 0 aliphatic carbocycles. The Balaban J connectivity index is 2.73. The van der Waals surface area contributed by atoms with Crippen LogP contribution in [0.2, 0.25) is 0 Å². The summed E-state index contributed by atoms with van der Waals surface area (Å²) in [5, 5.41) is 3.01. The largest absolute Gasteiger partial charge is 0.573 e. The number of hydrogen-bond donors (Lipinski definition) is 1. The SMILES string of the molecule is CNCC(C)(C)COc1ccccc1OC(F)(F)F. The highest BCUT2D eigenvalue weighted by Gasteiger charge is 2.32. The molecule has 0 bridgehead atoms. The molecular formula is C13H18F3NO2. The Labute approximate surface area is 110 Å². The van der Waals surface area contributed by atoms with E-state index < -0.39 is 6.36 Å². The molecule has 1 N–H and O–H groups in total. The van der Waals surface area contributed by atoms with E-state index in [0.717, 1.165) is 0 Å². The Kier molecular flexibility index (Phi) is 5.05. The second-order valence-electron chi connectivity index (χ2n) is 4.98. The molecule has 0 fully saturated rings. The van der Waals surface area contributed by atoms with Gasteiger partial charge in [-0.3, -0.25) is 0 Å². The average Bonchev–Trinajstić information content (AvgIpc) is 2.26. The van der Waals surface area contributed by atoms with Crippen LogP contribution in [0.5, 0.6) is 11.5 Å². The summed E-state index contributed by atoms with van der Waals surface area (Å²) < 4.78 is 46.0. The van der Waals surface area contributed by atoms with Crippen molar-refractivity contribution in [2.45, 2.75) is 20.2 Å². The number of rotatable bonds is 6. The van der Waals surface area contributed by atoms with Crippen molar-refractivity contribution in [1.29, 1.82) is 0 Å². The molecule has 1 rings (SSSR count). The number of hydrogen-bond acceptors (Lipinski definition) is 3. The van der Waals surface area contributed by atoms with Gasteiger partial charge in [-0.15, -0.1) is 13.2 Å². The smallest absolute Gasteiger partial charge is 0.489 e. The molecule has 0 unspecified atom stereocenters. The molecule has 6 heteroatoms. The topological polar surface area (TPSA) is 30.5 Å². The Morgan fingerprint density at radius 3 is 2.21 bits per heavy atom. The Bertz CT molecular complexity index is 405. The first-order valence-corrected chi connectivity index (χ1v) is 5.86. The molecule has 0 spiro atoms. The maximum Gasteiger partial charge on any atom is 0.573 e. The van der Waals surface area contributed by atoms with E-state index in [1.165, 1.54) is 18.2 Å². The molecule has 0 aromatic heterocycles. The minimum Gasteiger partial charge on any atom is -0.489 e. The van der Waals surface area contributed by atoms with Crippen molar-refractivity contribution >= 4 is 0 Å². The number of alkyl halides is 3. The molecule has 19 heavy (non-hydrogen) atoms. The van der Waals surface area contributed by atoms with Crippen LogP contribution in [0.15, 0.2) is 24.3 Å². The van der Waals surface area contributed by atoms with Gasteiger partial charge in [0.2, 0.25) is 0 Å². The van der Waals surface area contributed by atoms with Crippen molar-refractivity contribution in [3.8, 4) is 11.5 Å². The zero-order valence-electron chi connectivity index (χ0n) is 11.2. The van der Waals surface area contributed by atoms with Gasteiger partial charge in [-0.1, -0.05) is 26.0 Å². The zero-order chi connectivity index (χ0) is 14.5. The summed E-state index contributed by atoms with van der Waals surface area (Å²) in [5.74, 6) is -0.237. The van der Waals surface area contributed by atoms with Crippen molar-refractivity contribution in [3.63, 3.8) is 0 Å². The predicted molar refractivity (Wildman–Crippen MR) is 66.3 cm³/mol. The van der Waals surface area contributed by atoms with E-state index in [1.54, 1.807) is 6.07 Å². The van der Waals surface area contributed by atoms with E-state index in [1.807, 2.05) is 20.9 Å². The first-order valence-electron chi connectivity index (χ1n) is 5.86. The lowest BCUT2D eigenvalue weighted by molar-refractivity contribution is -0.275. The van der Waals surface area contributed by atoms with Gasteiger partial charge >= 0.3 is 6.36 Å². The van der Waals surface area contributed by atoms with Gasteiger partial charge in [-0.2, -0.15) is 0 Å². The molecule has 1 aromatic rings. The summed E-state index contributed by atoms with van der Waals surface area (Å²) in [5.41, 5.74) is -0.194. The van der Waals surface area contributed by atoms with Crippen LogP contribution in [0.4, 0.5) is 13.2 Å². The van der Waals surface area contributed by atoms with Crippen LogP contribution in [0.25, 0.3) is 0 Å². The molecule has 0 atom stereocenters. The van der Waals surface area contributed by atoms with Crippen LogP contribution < -0.4 is 14.8 Å². The molecule has 1 aromatic carbocycles. The van der Waals surface area contributed by atoms with Crippen LogP contribution in [-0.4, -0.2) is 26.6 Å². The Morgan fingerprint density at radius 1 is 1.11 bits per heavy atom. The Hall–Kier alpha value is -1.43. The quantitative estimate of drug-likeness (QED) is 0.866. The lowest BCUT2D eigenvalue weighted by Crippen LogP contribution is -2.32. The second kappa shape index (κ2) is 6.14. The van der Waals surface area contributed by atoms with Crippen LogP contribution in [0.3, 0.4) is 0 Å². The van der Waals surface area contributed by atoms with E-state index in [9.17, 15) is 13.2 Å². The number of benzene rings is 1. The fourth-order valence-electron chi connectivity index (χ4n) is 1.58. The minimum atomic E-state index is -4.72. The zero-order valence-corrected chi connectivity index (χ0v) is 11.2. The second-order valence-corrected chi connectivity index (χ2v) is 4.98. The highest BCUT2D eigenvalue weighted by Crippen LogP contribution is 2.32. The van der Waals surface area contributed by atoms with E-state index >= 15 is 0 Å². The third kappa shape index (κ3) is 5.83. The fraction of sp³-hybridized carbons (Fsp3) is 0.538. The van der Waals surface area contributed by atoms with Crippen molar-refractivity contribution in [3.05, 3.63) is 24.3 Å². The van der Waals surface area contributed by atoms with Crippen LogP contribution in [0, 0.1) is 5.41 Å². The van der Waals surface area contributed by atoms with Crippen LogP contribution in [0.1, 0.15) is 13.8 Å². The standard InChI is InChI=1S/C13H18F3NO2/c1-12(2,8-17-3)9-18-10-6-4-5-7-11(10)19-13(14,15)16/h4-7,17H,8-9H2,1-3H3. The molecular weight excluding hydrogens is 259 g/mol. The van der Waals surface area contributed by atoms with Gasteiger partial charge in [0.1, 0.15) is 0 Å². The van der Waals surface area contributed by atoms with Crippen molar-refractivity contribution < 1.29 is 22.6 Å².